The van der Waals surface area contributed by atoms with Crippen LogP contribution in [0.1, 0.15) is 16.9 Å². The highest BCUT2D eigenvalue weighted by Crippen LogP contribution is 2.24. The molecule has 0 aliphatic heterocycles. The first-order valence-electron chi connectivity index (χ1n) is 8.39. The van der Waals surface area contributed by atoms with Crippen LogP contribution in [-0.2, 0) is 4.79 Å². The number of nitrogens with one attached hydrogen (secondary N) is 1. The molecule has 3 aromatic rings. The van der Waals surface area contributed by atoms with E-state index < -0.39 is 5.91 Å². The average molecular weight is 366 g/mol. The van der Waals surface area contributed by atoms with E-state index in [9.17, 15) is 9.18 Å². The quantitative estimate of drug-likeness (QED) is 0.524. The van der Waals surface area contributed by atoms with E-state index in [1.165, 1.54) is 12.3 Å². The smallest absolute Gasteiger partial charge is 0.277 e. The maximum Gasteiger partial charge on any atom is 0.277 e. The van der Waals surface area contributed by atoms with Crippen molar-refractivity contribution in [1.82, 2.24) is 5.43 Å². The van der Waals surface area contributed by atoms with Crippen molar-refractivity contribution in [2.75, 3.05) is 6.61 Å². The van der Waals surface area contributed by atoms with Crippen molar-refractivity contribution >= 4 is 12.1 Å². The van der Waals surface area contributed by atoms with Gasteiger partial charge in [-0.3, -0.25) is 4.79 Å². The van der Waals surface area contributed by atoms with Gasteiger partial charge >= 0.3 is 0 Å². The highest BCUT2D eigenvalue weighted by molar-refractivity contribution is 5.81. The summed E-state index contributed by atoms with van der Waals surface area (Å²) in [6.45, 7) is 3.83. The van der Waals surface area contributed by atoms with Gasteiger partial charge in [0.15, 0.2) is 6.61 Å². The zero-order valence-electron chi connectivity index (χ0n) is 15.0. The van der Waals surface area contributed by atoms with Crippen LogP contribution in [0.15, 0.2) is 64.1 Å². The minimum Gasteiger partial charge on any atom is -0.484 e. The van der Waals surface area contributed by atoms with Crippen LogP contribution in [0.2, 0.25) is 0 Å². The third-order valence-corrected chi connectivity index (χ3v) is 4.00. The minimum atomic E-state index is -0.398. The van der Waals surface area contributed by atoms with E-state index in [2.05, 4.69) is 10.5 Å². The van der Waals surface area contributed by atoms with Crippen molar-refractivity contribution in [3.05, 3.63) is 77.3 Å². The molecule has 0 spiro atoms. The summed E-state index contributed by atoms with van der Waals surface area (Å²) in [7, 11) is 0. The molecule has 0 bridgehead atoms. The van der Waals surface area contributed by atoms with Gasteiger partial charge in [-0.2, -0.15) is 5.10 Å². The van der Waals surface area contributed by atoms with Gasteiger partial charge in [-0.15, -0.1) is 0 Å². The van der Waals surface area contributed by atoms with E-state index in [1.54, 1.807) is 30.3 Å². The number of benzene rings is 2. The molecule has 0 atom stereocenters. The molecule has 5 nitrogen and oxygen atoms in total. The molecular weight excluding hydrogens is 347 g/mol. The second-order valence-electron chi connectivity index (χ2n) is 6.01. The van der Waals surface area contributed by atoms with Crippen molar-refractivity contribution in [3.63, 3.8) is 0 Å². The number of rotatable bonds is 6. The van der Waals surface area contributed by atoms with Crippen LogP contribution >= 0.6 is 0 Å². The van der Waals surface area contributed by atoms with Gasteiger partial charge in [0.05, 0.1) is 11.8 Å². The predicted molar refractivity (Wildman–Crippen MR) is 101 cm³/mol. The van der Waals surface area contributed by atoms with E-state index in [0.717, 1.165) is 11.1 Å². The lowest BCUT2D eigenvalue weighted by Crippen LogP contribution is -2.24. The summed E-state index contributed by atoms with van der Waals surface area (Å²) in [6.07, 6.45) is 1.35. The van der Waals surface area contributed by atoms with Gasteiger partial charge < -0.3 is 9.15 Å². The maximum absolute atomic E-state index is 13.7. The van der Waals surface area contributed by atoms with E-state index in [4.69, 9.17) is 9.15 Å². The molecule has 138 valence electrons. The lowest BCUT2D eigenvalue weighted by atomic mass is 10.1. The number of carbonyl (C=O) groups excluding carboxylic acids is 1. The Morgan fingerprint density at radius 3 is 2.74 bits per heavy atom. The number of hydrazone groups is 1. The number of furan rings is 1. The summed E-state index contributed by atoms with van der Waals surface area (Å²) in [5.74, 6) is 0.637. The van der Waals surface area contributed by atoms with Crippen molar-refractivity contribution < 1.29 is 18.3 Å². The van der Waals surface area contributed by atoms with Gasteiger partial charge in [-0.25, -0.2) is 9.82 Å². The van der Waals surface area contributed by atoms with E-state index in [0.29, 0.717) is 22.8 Å². The molecular formula is C21H19FN2O3. The number of aryl methyl sites for hydroxylation is 2. The van der Waals surface area contributed by atoms with Crippen molar-refractivity contribution in [1.29, 1.82) is 0 Å². The predicted octanol–water partition coefficient (Wildman–Crippen LogP) is 4.23. The third kappa shape index (κ3) is 4.82. The SMILES string of the molecule is Cc1ccc(OCC(=O)N/N=C/c2ccc(-c3ccccc3F)o2)cc1C. The molecule has 1 amide bonds. The molecule has 0 fully saturated rings. The summed E-state index contributed by atoms with van der Waals surface area (Å²) in [5, 5.41) is 3.82. The molecule has 27 heavy (non-hydrogen) atoms. The number of ether oxygens (including phenoxy) is 1. The lowest BCUT2D eigenvalue weighted by molar-refractivity contribution is -0.123. The van der Waals surface area contributed by atoms with Gasteiger partial charge in [0.25, 0.3) is 5.91 Å². The van der Waals surface area contributed by atoms with Crippen molar-refractivity contribution in [2.24, 2.45) is 5.10 Å². The molecule has 0 saturated heterocycles. The first-order chi connectivity index (χ1) is 13.0. The Hall–Kier alpha value is -3.41. The van der Waals surface area contributed by atoms with Crippen LogP contribution in [0.5, 0.6) is 5.75 Å². The van der Waals surface area contributed by atoms with Crippen LogP contribution in [0.25, 0.3) is 11.3 Å². The van der Waals surface area contributed by atoms with E-state index in [1.807, 2.05) is 32.0 Å². The van der Waals surface area contributed by atoms with Crippen molar-refractivity contribution in [3.8, 4) is 17.1 Å². The fourth-order valence-electron chi connectivity index (χ4n) is 2.38. The van der Waals surface area contributed by atoms with Gasteiger partial charge in [-0.1, -0.05) is 18.2 Å². The third-order valence-electron chi connectivity index (χ3n) is 4.00. The van der Waals surface area contributed by atoms with Gasteiger partial charge in [0.1, 0.15) is 23.1 Å². The Bertz CT molecular complexity index is 979. The molecule has 3 rings (SSSR count). The highest BCUT2D eigenvalue weighted by Gasteiger charge is 2.08. The highest BCUT2D eigenvalue weighted by atomic mass is 19.1. The van der Waals surface area contributed by atoms with Crippen LogP contribution in [-0.4, -0.2) is 18.7 Å². The summed E-state index contributed by atoms with van der Waals surface area (Å²) < 4.78 is 24.7. The molecule has 1 N–H and O–H groups in total. The van der Waals surface area contributed by atoms with Gasteiger partial charge in [0, 0.05) is 0 Å². The second kappa shape index (κ2) is 8.31. The zero-order valence-corrected chi connectivity index (χ0v) is 15.0. The number of nitrogens with zero attached hydrogens (tertiary/aromatic N) is 1. The molecule has 0 radical (unpaired) electrons. The standard InChI is InChI=1S/C21H19FN2O3/c1-14-7-8-16(11-15(14)2)26-13-21(25)24-23-12-17-9-10-20(27-17)18-5-3-4-6-19(18)22/h3-12H,13H2,1-2H3,(H,24,25)/b23-12+. The molecule has 2 aromatic carbocycles. The molecule has 0 aliphatic rings. The van der Waals surface area contributed by atoms with Crippen LogP contribution in [0.4, 0.5) is 4.39 Å². The van der Waals surface area contributed by atoms with Gasteiger partial charge in [-0.05, 0) is 61.4 Å². The summed E-state index contributed by atoms with van der Waals surface area (Å²) in [4.78, 5) is 11.8. The topological polar surface area (TPSA) is 63.8 Å². The maximum atomic E-state index is 13.7. The Kier molecular flexibility index (Phi) is 5.66. The molecule has 6 heteroatoms. The largest absolute Gasteiger partial charge is 0.484 e. The molecule has 0 aliphatic carbocycles. The monoisotopic (exact) mass is 366 g/mol. The Morgan fingerprint density at radius 1 is 1.15 bits per heavy atom. The molecule has 1 heterocycles. The average Bonchev–Trinajstić information content (AvgIpc) is 3.12. The molecule has 1 aromatic heterocycles. The summed E-state index contributed by atoms with van der Waals surface area (Å²) in [5.41, 5.74) is 4.97. The number of hydrogen-bond donors (Lipinski definition) is 1. The fraction of sp³-hybridized carbons (Fsp3) is 0.143. The zero-order chi connectivity index (χ0) is 19.2. The molecule has 0 saturated carbocycles. The summed E-state index contributed by atoms with van der Waals surface area (Å²) in [6, 6.07) is 15.2. The van der Waals surface area contributed by atoms with E-state index in [-0.39, 0.29) is 12.4 Å². The van der Waals surface area contributed by atoms with Crippen LogP contribution in [0, 0.1) is 19.7 Å². The van der Waals surface area contributed by atoms with Crippen molar-refractivity contribution in [2.45, 2.75) is 13.8 Å². The first-order valence-corrected chi connectivity index (χ1v) is 8.39. The second-order valence-corrected chi connectivity index (χ2v) is 6.01. The number of carbonyl (C=O) groups is 1. The first kappa shape index (κ1) is 18.4. The van der Waals surface area contributed by atoms with Crippen LogP contribution < -0.4 is 10.2 Å². The Labute approximate surface area is 156 Å². The Balaban J connectivity index is 1.52. The summed E-state index contributed by atoms with van der Waals surface area (Å²) >= 11 is 0. The molecule has 0 unspecified atom stereocenters. The van der Waals surface area contributed by atoms with Gasteiger partial charge in [0.2, 0.25) is 0 Å². The normalized spacial score (nSPS) is 10.9. The lowest BCUT2D eigenvalue weighted by Gasteiger charge is -2.07. The van der Waals surface area contributed by atoms with E-state index >= 15 is 0 Å². The van der Waals surface area contributed by atoms with Crippen LogP contribution in [0.3, 0.4) is 0 Å². The fourth-order valence-corrected chi connectivity index (χ4v) is 2.38. The number of amides is 1. The Morgan fingerprint density at radius 2 is 1.96 bits per heavy atom. The number of hydrogen-bond acceptors (Lipinski definition) is 4. The minimum absolute atomic E-state index is 0.154. The number of halogens is 1.